The van der Waals surface area contributed by atoms with Crippen molar-refractivity contribution in [2.24, 2.45) is 0 Å². The van der Waals surface area contributed by atoms with Gasteiger partial charge in [0, 0.05) is 50.7 Å². The maximum atomic E-state index is 10.6. The maximum absolute atomic E-state index is 10.6. The highest BCUT2D eigenvalue weighted by Crippen LogP contribution is 2.35. The highest BCUT2D eigenvalue weighted by atomic mass is 19.4. The largest absolute Gasteiger partial charge is 0.490 e. The number of aromatic nitrogens is 3. The fourth-order valence-electron chi connectivity index (χ4n) is 3.87. The molecule has 2 fully saturated rings. The van der Waals surface area contributed by atoms with E-state index in [1.165, 1.54) is 0 Å². The lowest BCUT2D eigenvalue weighted by atomic mass is 9.89. The summed E-state index contributed by atoms with van der Waals surface area (Å²) in [6, 6.07) is 2.36. The van der Waals surface area contributed by atoms with Crippen molar-refractivity contribution in [2.45, 2.75) is 63.7 Å². The molecule has 2 aromatic rings. The van der Waals surface area contributed by atoms with Crippen LogP contribution in [0.1, 0.15) is 36.3 Å². The molecule has 4 rings (SSSR count). The molecule has 3 N–H and O–H groups in total. The summed E-state index contributed by atoms with van der Waals surface area (Å²) < 4.78 is 74.9. The number of rotatable bonds is 4. The first-order valence-corrected chi connectivity index (χ1v) is 11.4. The minimum absolute atomic E-state index is 0.0700. The highest BCUT2D eigenvalue weighted by molar-refractivity contribution is 5.73. The molecule has 0 radical (unpaired) electrons. The second kappa shape index (κ2) is 13.1. The Kier molecular flexibility index (Phi) is 10.6. The number of nitrogens with one attached hydrogen (secondary N) is 1. The Morgan fingerprint density at radius 3 is 2.15 bits per heavy atom. The van der Waals surface area contributed by atoms with E-state index in [1.807, 2.05) is 32.3 Å². The van der Waals surface area contributed by atoms with Crippen molar-refractivity contribution in [3.05, 3.63) is 35.5 Å². The zero-order valence-corrected chi connectivity index (χ0v) is 20.8. The van der Waals surface area contributed by atoms with E-state index in [0.717, 1.165) is 62.5 Å². The Morgan fingerprint density at radius 1 is 1.10 bits per heavy atom. The second-order valence-corrected chi connectivity index (χ2v) is 8.94. The molecule has 2 saturated heterocycles. The molecule has 218 valence electrons. The molecule has 17 heteroatoms. The predicted molar refractivity (Wildman–Crippen MR) is 121 cm³/mol. The van der Waals surface area contributed by atoms with Crippen LogP contribution in [-0.2, 0) is 20.9 Å². The summed E-state index contributed by atoms with van der Waals surface area (Å²) in [6.45, 7) is 7.49. The van der Waals surface area contributed by atoms with Gasteiger partial charge < -0.3 is 24.8 Å². The van der Waals surface area contributed by atoms with Crippen LogP contribution < -0.4 is 5.32 Å². The normalized spacial score (nSPS) is 21.4. The summed E-state index contributed by atoms with van der Waals surface area (Å²) in [5, 5.41) is 21.8. The van der Waals surface area contributed by atoms with Crippen molar-refractivity contribution < 1.29 is 55.4 Å². The number of likely N-dealkylation sites (tertiary alicyclic amines) is 1. The highest BCUT2D eigenvalue weighted by Gasteiger charge is 2.43. The molecule has 2 aliphatic heterocycles. The lowest BCUT2D eigenvalue weighted by molar-refractivity contribution is -0.193. The average molecular weight is 571 g/mol. The summed E-state index contributed by atoms with van der Waals surface area (Å²) in [7, 11) is 0. The molecule has 1 spiro atoms. The Morgan fingerprint density at radius 2 is 1.67 bits per heavy atom. The van der Waals surface area contributed by atoms with Crippen LogP contribution in [0.2, 0.25) is 0 Å². The molecule has 4 heterocycles. The topological polar surface area (TPSA) is 151 Å². The molecule has 2 aliphatic rings. The molecule has 0 aromatic carbocycles. The third kappa shape index (κ3) is 10.7. The van der Waals surface area contributed by atoms with E-state index in [1.54, 1.807) is 0 Å². The van der Waals surface area contributed by atoms with Gasteiger partial charge in [0.2, 0.25) is 5.95 Å². The number of hydrogen-bond acceptors (Lipinski definition) is 9. The number of anilines is 1. The molecule has 0 saturated carbocycles. The Labute approximate surface area is 218 Å². The van der Waals surface area contributed by atoms with Crippen LogP contribution in [-0.4, -0.2) is 85.9 Å². The Balaban J connectivity index is 0.000000317. The summed E-state index contributed by atoms with van der Waals surface area (Å²) in [4.78, 5) is 28.9. The van der Waals surface area contributed by atoms with Crippen LogP contribution in [0.3, 0.4) is 0 Å². The van der Waals surface area contributed by atoms with Crippen molar-refractivity contribution in [1.82, 2.24) is 20.0 Å². The average Bonchev–Trinajstić information content (AvgIpc) is 3.40. The third-order valence-corrected chi connectivity index (χ3v) is 5.55. The van der Waals surface area contributed by atoms with Crippen LogP contribution in [0.25, 0.3) is 0 Å². The standard InChI is InChI=1S/C18H25N5O2.2C2HF3O2/c1-13-9-19-17(20-10-13)21-15-3-6-24-18(8-15)4-5-23(12-18)11-16-7-14(2)25-22-16;2*3-2(4,5)1(6)7/h7,9-10,15H,3-6,8,11-12H2,1-2H3,(H,19,20,21);2*(H,6,7)/t15-,18-;;/m1../s1. The lowest BCUT2D eigenvalue weighted by Crippen LogP contribution is -2.46. The van der Waals surface area contributed by atoms with Crippen LogP contribution in [0.5, 0.6) is 0 Å². The Hall–Kier alpha value is -3.47. The van der Waals surface area contributed by atoms with Crippen LogP contribution in [0, 0.1) is 13.8 Å². The molecule has 0 amide bonds. The van der Waals surface area contributed by atoms with Crippen molar-refractivity contribution in [2.75, 3.05) is 25.0 Å². The van der Waals surface area contributed by atoms with Crippen LogP contribution >= 0.6 is 0 Å². The number of alkyl halides is 6. The number of hydrogen-bond donors (Lipinski definition) is 3. The van der Waals surface area contributed by atoms with Gasteiger partial charge in [0.25, 0.3) is 0 Å². The van der Waals surface area contributed by atoms with E-state index in [2.05, 4.69) is 25.3 Å². The molecular weight excluding hydrogens is 544 g/mol. The van der Waals surface area contributed by atoms with Gasteiger partial charge in [-0.2, -0.15) is 26.3 Å². The number of carbonyl (C=O) groups is 2. The molecule has 0 unspecified atom stereocenters. The number of halogens is 6. The molecule has 2 aromatic heterocycles. The smallest absolute Gasteiger partial charge is 0.475 e. The van der Waals surface area contributed by atoms with E-state index in [4.69, 9.17) is 29.1 Å². The van der Waals surface area contributed by atoms with Gasteiger partial charge in [-0.25, -0.2) is 19.6 Å². The number of ether oxygens (including phenoxy) is 1. The monoisotopic (exact) mass is 571 g/mol. The molecule has 2 atom stereocenters. The minimum Gasteiger partial charge on any atom is -0.475 e. The van der Waals surface area contributed by atoms with Crippen molar-refractivity contribution in [3.8, 4) is 0 Å². The number of aryl methyl sites for hydroxylation is 2. The van der Waals surface area contributed by atoms with Gasteiger partial charge in [-0.3, -0.25) is 4.90 Å². The van der Waals surface area contributed by atoms with E-state index < -0.39 is 24.3 Å². The fourth-order valence-corrected chi connectivity index (χ4v) is 3.87. The minimum atomic E-state index is -5.08. The van der Waals surface area contributed by atoms with Gasteiger partial charge in [-0.1, -0.05) is 5.16 Å². The molecule has 0 aliphatic carbocycles. The number of nitrogens with zero attached hydrogens (tertiary/aromatic N) is 4. The summed E-state index contributed by atoms with van der Waals surface area (Å²) in [5.41, 5.74) is 2.00. The lowest BCUT2D eigenvalue weighted by Gasteiger charge is -2.38. The van der Waals surface area contributed by atoms with E-state index >= 15 is 0 Å². The van der Waals surface area contributed by atoms with E-state index in [-0.39, 0.29) is 5.60 Å². The van der Waals surface area contributed by atoms with Crippen molar-refractivity contribution in [1.29, 1.82) is 0 Å². The van der Waals surface area contributed by atoms with Crippen molar-refractivity contribution in [3.63, 3.8) is 0 Å². The van der Waals surface area contributed by atoms with Gasteiger partial charge in [-0.05, 0) is 38.7 Å². The zero-order chi connectivity index (χ0) is 29.4. The molecular formula is C22H27F6N5O6. The summed E-state index contributed by atoms with van der Waals surface area (Å²) in [5.74, 6) is -3.94. The van der Waals surface area contributed by atoms with Gasteiger partial charge in [0.1, 0.15) is 5.76 Å². The first-order valence-electron chi connectivity index (χ1n) is 11.4. The van der Waals surface area contributed by atoms with Gasteiger partial charge in [0.15, 0.2) is 0 Å². The predicted octanol–water partition coefficient (Wildman–Crippen LogP) is 3.58. The molecule has 0 bridgehead atoms. The molecule has 39 heavy (non-hydrogen) atoms. The Bertz CT molecular complexity index is 1070. The number of carboxylic acid groups (broad SMARTS) is 2. The first-order chi connectivity index (χ1) is 18.0. The third-order valence-electron chi connectivity index (χ3n) is 5.55. The van der Waals surface area contributed by atoms with Gasteiger partial charge in [-0.15, -0.1) is 0 Å². The van der Waals surface area contributed by atoms with E-state index in [9.17, 15) is 26.3 Å². The quantitative estimate of drug-likeness (QED) is 0.462. The molecule has 11 nitrogen and oxygen atoms in total. The van der Waals surface area contributed by atoms with Crippen LogP contribution in [0.4, 0.5) is 32.3 Å². The number of carboxylic acids is 2. The zero-order valence-electron chi connectivity index (χ0n) is 20.8. The summed E-state index contributed by atoms with van der Waals surface area (Å²) >= 11 is 0. The van der Waals surface area contributed by atoms with Crippen LogP contribution in [0.15, 0.2) is 23.0 Å². The summed E-state index contributed by atoms with van der Waals surface area (Å²) in [6.07, 6.45) is -3.44. The van der Waals surface area contributed by atoms with E-state index in [0.29, 0.717) is 12.0 Å². The van der Waals surface area contributed by atoms with Gasteiger partial charge in [0.05, 0.1) is 11.3 Å². The van der Waals surface area contributed by atoms with Crippen molar-refractivity contribution >= 4 is 17.9 Å². The van der Waals surface area contributed by atoms with Gasteiger partial charge >= 0.3 is 24.3 Å². The first kappa shape index (κ1) is 31.7. The second-order valence-electron chi connectivity index (χ2n) is 8.94. The maximum Gasteiger partial charge on any atom is 0.490 e. The number of aliphatic carboxylic acids is 2. The SMILES string of the molecule is Cc1cnc(N[C@@H]2CCO[C@]3(CCN(Cc4cc(C)on4)C3)C2)nc1.O=C(O)C(F)(F)F.O=C(O)C(F)(F)F. The fraction of sp³-hybridized carbons (Fsp3) is 0.591.